The number of fused-ring (bicyclic) bond motifs is 6. The first kappa shape index (κ1) is 28.8. The minimum absolute atomic E-state index is 0. The molecule has 218 valence electrons. The molecule has 0 saturated heterocycles. The Kier molecular flexibility index (Phi) is 7.39. The van der Waals surface area contributed by atoms with Gasteiger partial charge in [0, 0.05) is 34.4 Å². The Hall–Kier alpha value is -4.92. The topological polar surface area (TPSA) is 43.1 Å². The molecule has 8 aromatic rings. The van der Waals surface area contributed by atoms with Gasteiger partial charge in [0.1, 0.15) is 5.65 Å². The molecule has 0 unspecified atom stereocenters. The average molecular weight is 760 g/mol. The van der Waals surface area contributed by atoms with E-state index in [9.17, 15) is 0 Å². The summed E-state index contributed by atoms with van der Waals surface area (Å²) in [7, 11) is 0. The molecular formula is C40H28N4Pt. The van der Waals surface area contributed by atoms with Gasteiger partial charge < -0.3 is 14.4 Å². The van der Waals surface area contributed by atoms with E-state index >= 15 is 0 Å². The molecule has 0 amide bonds. The fraction of sp³-hybridized carbons (Fsp3) is 0.0750. The molecule has 0 fully saturated rings. The molecule has 0 bridgehead atoms. The Bertz CT molecular complexity index is 2290. The molecule has 4 aromatic carbocycles. The summed E-state index contributed by atoms with van der Waals surface area (Å²) < 4.78 is 2.29. The summed E-state index contributed by atoms with van der Waals surface area (Å²) in [5, 5.41) is 1.96. The van der Waals surface area contributed by atoms with E-state index in [1.807, 2.05) is 48.8 Å². The largest absolute Gasteiger partial charge is 2.00 e. The first-order valence-electron chi connectivity index (χ1n) is 14.8. The Morgan fingerprint density at radius 3 is 2.09 bits per heavy atom. The zero-order chi connectivity index (χ0) is 29.7. The second kappa shape index (κ2) is 11.5. The predicted octanol–water partition coefficient (Wildman–Crippen LogP) is 9.36. The molecule has 45 heavy (non-hydrogen) atoms. The maximum absolute atomic E-state index is 5.29. The van der Waals surface area contributed by atoms with Crippen molar-refractivity contribution in [3.05, 3.63) is 157 Å². The van der Waals surface area contributed by atoms with Gasteiger partial charge in [-0.1, -0.05) is 92.7 Å². The summed E-state index contributed by atoms with van der Waals surface area (Å²) >= 11 is 0. The summed E-state index contributed by atoms with van der Waals surface area (Å²) in [6.45, 7) is 4.46. The SMILES string of the molecule is CC(C)(c1[c-]c(-c2ccccn2)ccc1)c1[c-]c2c3ncccc3c3nc(-c4ccccc4)c(-c4ccccc4)n3c2cc1.[Pt+2]. The zero-order valence-corrected chi connectivity index (χ0v) is 27.1. The monoisotopic (exact) mass is 759 g/mol. The number of benzene rings is 4. The van der Waals surface area contributed by atoms with Gasteiger partial charge >= 0.3 is 21.1 Å². The predicted molar refractivity (Wildman–Crippen MR) is 178 cm³/mol. The van der Waals surface area contributed by atoms with Crippen molar-refractivity contribution in [1.82, 2.24) is 19.4 Å². The molecule has 0 radical (unpaired) electrons. The molecule has 0 aliphatic heterocycles. The second-order valence-corrected chi connectivity index (χ2v) is 11.6. The minimum Gasteiger partial charge on any atom is -0.334 e. The summed E-state index contributed by atoms with van der Waals surface area (Å²) in [5.41, 5.74) is 10.6. The van der Waals surface area contributed by atoms with Crippen LogP contribution in [0.15, 0.2) is 134 Å². The van der Waals surface area contributed by atoms with Gasteiger partial charge in [-0.05, 0) is 28.8 Å². The zero-order valence-electron chi connectivity index (χ0n) is 24.8. The van der Waals surface area contributed by atoms with Crippen LogP contribution in [-0.2, 0) is 26.5 Å². The number of hydrogen-bond acceptors (Lipinski definition) is 3. The van der Waals surface area contributed by atoms with Gasteiger partial charge in [-0.3, -0.25) is 0 Å². The van der Waals surface area contributed by atoms with Crippen molar-refractivity contribution >= 4 is 27.5 Å². The Morgan fingerprint density at radius 1 is 0.622 bits per heavy atom. The van der Waals surface area contributed by atoms with Crippen LogP contribution in [0.3, 0.4) is 0 Å². The van der Waals surface area contributed by atoms with Crippen LogP contribution < -0.4 is 0 Å². The Labute approximate surface area is 276 Å². The van der Waals surface area contributed by atoms with Gasteiger partial charge in [-0.15, -0.1) is 64.5 Å². The van der Waals surface area contributed by atoms with Gasteiger partial charge in [-0.25, -0.2) is 4.98 Å². The Balaban J connectivity index is 0.00000325. The van der Waals surface area contributed by atoms with Crippen LogP contribution in [0.2, 0.25) is 0 Å². The quantitative estimate of drug-likeness (QED) is 0.130. The summed E-state index contributed by atoms with van der Waals surface area (Å²) in [6, 6.07) is 49.2. The number of aromatic nitrogens is 4. The fourth-order valence-electron chi connectivity index (χ4n) is 6.15. The van der Waals surface area contributed by atoms with Crippen LogP contribution >= 0.6 is 0 Å². The van der Waals surface area contributed by atoms with Gasteiger partial charge in [0.05, 0.1) is 11.4 Å². The van der Waals surface area contributed by atoms with Crippen LogP contribution in [-0.4, -0.2) is 19.4 Å². The van der Waals surface area contributed by atoms with E-state index in [0.29, 0.717) is 0 Å². The number of imidazole rings is 1. The third kappa shape index (κ3) is 4.87. The molecule has 5 heteroatoms. The van der Waals surface area contributed by atoms with Crippen molar-refractivity contribution in [1.29, 1.82) is 0 Å². The normalized spacial score (nSPS) is 11.6. The van der Waals surface area contributed by atoms with Crippen molar-refractivity contribution in [2.45, 2.75) is 19.3 Å². The number of pyridine rings is 3. The molecule has 8 rings (SSSR count). The maximum Gasteiger partial charge on any atom is 2.00 e. The van der Waals surface area contributed by atoms with Crippen LogP contribution in [0.1, 0.15) is 25.0 Å². The van der Waals surface area contributed by atoms with Crippen LogP contribution in [0, 0.1) is 12.1 Å². The first-order chi connectivity index (χ1) is 21.6. The summed E-state index contributed by atoms with van der Waals surface area (Å²) in [5.74, 6) is 0. The van der Waals surface area contributed by atoms with Crippen LogP contribution in [0.25, 0.3) is 61.2 Å². The van der Waals surface area contributed by atoms with E-state index in [1.165, 1.54) is 0 Å². The molecule has 0 atom stereocenters. The third-order valence-corrected chi connectivity index (χ3v) is 8.50. The molecule has 0 aliphatic rings. The van der Waals surface area contributed by atoms with E-state index in [2.05, 4.69) is 120 Å². The van der Waals surface area contributed by atoms with Gasteiger partial charge in [0.25, 0.3) is 0 Å². The molecule has 4 aromatic heterocycles. The van der Waals surface area contributed by atoms with Crippen LogP contribution in [0.5, 0.6) is 0 Å². The van der Waals surface area contributed by atoms with Gasteiger partial charge in [-0.2, -0.15) is 0 Å². The summed E-state index contributed by atoms with van der Waals surface area (Å²) in [4.78, 5) is 14.7. The van der Waals surface area contributed by atoms with E-state index in [1.54, 1.807) is 0 Å². The van der Waals surface area contributed by atoms with E-state index in [4.69, 9.17) is 9.97 Å². The summed E-state index contributed by atoms with van der Waals surface area (Å²) in [6.07, 6.45) is 3.67. The molecule has 4 heterocycles. The smallest absolute Gasteiger partial charge is 0.334 e. The third-order valence-electron chi connectivity index (χ3n) is 8.50. The fourth-order valence-corrected chi connectivity index (χ4v) is 6.15. The molecule has 0 spiro atoms. The van der Waals surface area contributed by atoms with Gasteiger partial charge in [0.15, 0.2) is 0 Å². The van der Waals surface area contributed by atoms with Crippen LogP contribution in [0.4, 0.5) is 0 Å². The molecule has 4 nitrogen and oxygen atoms in total. The standard InChI is InChI=1S/C40H28N4.Pt/c1-40(2,30-18-11-17-29(25-30)34-20-9-10-23-41-34)31-21-22-35-33(26-31)37-32(19-12-24-42-37)39-43-36(27-13-5-3-6-14-27)38(44(35)39)28-15-7-4-8-16-28;/h3-24H,1-2H3;/q-2;+2. The Morgan fingerprint density at radius 2 is 1.33 bits per heavy atom. The van der Waals surface area contributed by atoms with Gasteiger partial charge in [0.2, 0.25) is 0 Å². The first-order valence-corrected chi connectivity index (χ1v) is 14.8. The van der Waals surface area contributed by atoms with Crippen molar-refractivity contribution < 1.29 is 21.1 Å². The second-order valence-electron chi connectivity index (χ2n) is 11.6. The van der Waals surface area contributed by atoms with Crippen molar-refractivity contribution in [2.75, 3.05) is 0 Å². The molecular weight excluding hydrogens is 732 g/mol. The average Bonchev–Trinajstić information content (AvgIpc) is 3.51. The van der Waals surface area contributed by atoms with Crippen molar-refractivity contribution in [3.63, 3.8) is 0 Å². The van der Waals surface area contributed by atoms with E-state index in [-0.39, 0.29) is 26.5 Å². The number of nitrogens with zero attached hydrogens (tertiary/aromatic N) is 4. The van der Waals surface area contributed by atoms with Crippen molar-refractivity contribution in [3.8, 4) is 33.8 Å². The van der Waals surface area contributed by atoms with E-state index in [0.717, 1.165) is 72.4 Å². The molecule has 0 aliphatic carbocycles. The number of rotatable bonds is 5. The number of hydrogen-bond donors (Lipinski definition) is 0. The van der Waals surface area contributed by atoms with Crippen molar-refractivity contribution in [2.24, 2.45) is 0 Å². The molecule has 0 N–H and O–H groups in total. The molecule has 0 saturated carbocycles. The van der Waals surface area contributed by atoms with E-state index < -0.39 is 0 Å². The maximum atomic E-state index is 5.29. The minimum atomic E-state index is -0.374.